The first-order chi connectivity index (χ1) is 11.7. The van der Waals surface area contributed by atoms with Crippen LogP contribution >= 0.6 is 0 Å². The van der Waals surface area contributed by atoms with Crippen molar-refractivity contribution in [3.05, 3.63) is 41.5 Å². The zero-order chi connectivity index (χ0) is 16.8. The van der Waals surface area contributed by atoms with Gasteiger partial charge in [-0.1, -0.05) is 16.9 Å². The molecule has 0 atom stereocenters. The summed E-state index contributed by atoms with van der Waals surface area (Å²) in [5.41, 5.74) is 3.37. The summed E-state index contributed by atoms with van der Waals surface area (Å²) in [6, 6.07) is 0. The summed E-state index contributed by atoms with van der Waals surface area (Å²) < 4.78 is 3.38. The number of hydrogen-bond acceptors (Lipinski definition) is 4. The Hall–Kier alpha value is -2.44. The fourth-order valence-electron chi connectivity index (χ4n) is 2.90. The number of carbonyl (C=O) groups excluding carboxylic acids is 1. The first kappa shape index (κ1) is 16.4. The van der Waals surface area contributed by atoms with Gasteiger partial charge >= 0.3 is 0 Å². The molecule has 1 N–H and O–H groups in total. The van der Waals surface area contributed by atoms with E-state index >= 15 is 0 Å². The van der Waals surface area contributed by atoms with Crippen LogP contribution in [-0.4, -0.2) is 37.2 Å². The predicted molar refractivity (Wildman–Crippen MR) is 90.3 cm³/mol. The molecule has 0 aromatic carbocycles. The van der Waals surface area contributed by atoms with Gasteiger partial charge in [-0.2, -0.15) is 5.10 Å². The van der Waals surface area contributed by atoms with Crippen LogP contribution in [0.1, 0.15) is 43.4 Å². The zero-order valence-corrected chi connectivity index (χ0v) is 14.1. The van der Waals surface area contributed by atoms with E-state index in [9.17, 15) is 4.79 Å². The van der Waals surface area contributed by atoms with Gasteiger partial charge in [-0.3, -0.25) is 9.48 Å². The number of carbonyl (C=O) groups is 1. The average Bonchev–Trinajstić information content (AvgIpc) is 3.18. The fraction of sp³-hybridized carbons (Fsp3) is 0.529. The van der Waals surface area contributed by atoms with Gasteiger partial charge in [-0.25, -0.2) is 4.68 Å². The SMILES string of the molecule is Cc1cnn(Cc2cn(CC(=O)NCCC3=CCCCC3)nn2)c1. The van der Waals surface area contributed by atoms with E-state index in [4.69, 9.17) is 0 Å². The van der Waals surface area contributed by atoms with Crippen LogP contribution in [0.2, 0.25) is 0 Å². The van der Waals surface area contributed by atoms with Crippen molar-refractivity contribution in [1.29, 1.82) is 0 Å². The summed E-state index contributed by atoms with van der Waals surface area (Å²) in [6.45, 7) is 3.45. The summed E-state index contributed by atoms with van der Waals surface area (Å²) in [5, 5.41) is 15.3. The van der Waals surface area contributed by atoms with Crippen molar-refractivity contribution >= 4 is 5.91 Å². The Labute approximate surface area is 141 Å². The Morgan fingerprint density at radius 2 is 2.21 bits per heavy atom. The third kappa shape index (κ3) is 4.78. The Balaban J connectivity index is 1.42. The van der Waals surface area contributed by atoms with Gasteiger partial charge in [0.25, 0.3) is 0 Å². The normalized spacial score (nSPS) is 14.5. The Kier molecular flexibility index (Phi) is 5.40. The van der Waals surface area contributed by atoms with Crippen molar-refractivity contribution < 1.29 is 4.79 Å². The predicted octanol–water partition coefficient (Wildman–Crippen LogP) is 1.84. The molecule has 3 rings (SSSR count). The number of aromatic nitrogens is 5. The molecule has 1 aliphatic rings. The molecular weight excluding hydrogens is 304 g/mol. The third-order valence-electron chi connectivity index (χ3n) is 4.13. The minimum absolute atomic E-state index is 0.0298. The van der Waals surface area contributed by atoms with E-state index in [1.807, 2.05) is 17.8 Å². The maximum Gasteiger partial charge on any atom is 0.241 e. The molecule has 0 spiro atoms. The van der Waals surface area contributed by atoms with E-state index in [-0.39, 0.29) is 12.5 Å². The van der Waals surface area contributed by atoms with E-state index in [1.54, 1.807) is 17.1 Å². The molecule has 24 heavy (non-hydrogen) atoms. The van der Waals surface area contributed by atoms with Crippen molar-refractivity contribution in [3.8, 4) is 0 Å². The molecule has 7 nitrogen and oxygen atoms in total. The van der Waals surface area contributed by atoms with Crippen LogP contribution in [0.3, 0.4) is 0 Å². The molecule has 1 aliphatic carbocycles. The molecule has 128 valence electrons. The molecule has 0 saturated heterocycles. The van der Waals surface area contributed by atoms with Crippen LogP contribution in [0.4, 0.5) is 0 Å². The minimum Gasteiger partial charge on any atom is -0.354 e. The second-order valence-corrected chi connectivity index (χ2v) is 6.33. The van der Waals surface area contributed by atoms with Gasteiger partial charge in [-0.05, 0) is 44.6 Å². The maximum absolute atomic E-state index is 12.0. The molecule has 7 heteroatoms. The minimum atomic E-state index is -0.0298. The summed E-state index contributed by atoms with van der Waals surface area (Å²) in [7, 11) is 0. The average molecular weight is 328 g/mol. The number of aryl methyl sites for hydroxylation is 1. The number of nitrogens with zero attached hydrogens (tertiary/aromatic N) is 5. The van der Waals surface area contributed by atoms with Crippen molar-refractivity contribution in [3.63, 3.8) is 0 Å². The lowest BCUT2D eigenvalue weighted by molar-refractivity contribution is -0.121. The fourth-order valence-corrected chi connectivity index (χ4v) is 2.90. The summed E-state index contributed by atoms with van der Waals surface area (Å²) in [4.78, 5) is 12.0. The molecule has 0 bridgehead atoms. The molecule has 0 aliphatic heterocycles. The molecule has 0 radical (unpaired) electrons. The summed E-state index contributed by atoms with van der Waals surface area (Å²) in [5.74, 6) is -0.0298. The molecule has 0 saturated carbocycles. The first-order valence-electron chi connectivity index (χ1n) is 8.52. The lowest BCUT2D eigenvalue weighted by Gasteiger charge is -2.12. The first-order valence-corrected chi connectivity index (χ1v) is 8.52. The quantitative estimate of drug-likeness (QED) is 0.787. The second kappa shape index (κ2) is 7.90. The van der Waals surface area contributed by atoms with Gasteiger partial charge in [0.15, 0.2) is 0 Å². The summed E-state index contributed by atoms with van der Waals surface area (Å²) in [6.07, 6.45) is 13.7. The van der Waals surface area contributed by atoms with Crippen LogP contribution in [0.15, 0.2) is 30.2 Å². The highest BCUT2D eigenvalue weighted by atomic mass is 16.2. The lowest BCUT2D eigenvalue weighted by Crippen LogP contribution is -2.29. The van der Waals surface area contributed by atoms with Crippen LogP contribution in [-0.2, 0) is 17.9 Å². The molecule has 2 aromatic heterocycles. The van der Waals surface area contributed by atoms with Crippen molar-refractivity contribution in [2.75, 3.05) is 6.54 Å². The number of nitrogens with one attached hydrogen (secondary N) is 1. The van der Waals surface area contributed by atoms with Gasteiger partial charge in [0.1, 0.15) is 12.2 Å². The molecule has 2 heterocycles. The number of amides is 1. The Morgan fingerprint density at radius 3 is 2.96 bits per heavy atom. The van der Waals surface area contributed by atoms with Crippen LogP contribution in [0.25, 0.3) is 0 Å². The Morgan fingerprint density at radius 1 is 1.29 bits per heavy atom. The highest BCUT2D eigenvalue weighted by Gasteiger charge is 2.08. The van der Waals surface area contributed by atoms with Gasteiger partial charge < -0.3 is 5.32 Å². The largest absolute Gasteiger partial charge is 0.354 e. The standard InChI is InChI=1S/C17H24N6O/c1-14-9-19-22(10-14)11-16-12-23(21-20-16)13-17(24)18-8-7-15-5-3-2-4-6-15/h5,9-10,12H,2-4,6-8,11,13H2,1H3,(H,18,24). The molecule has 0 fully saturated rings. The highest BCUT2D eigenvalue weighted by Crippen LogP contribution is 2.19. The second-order valence-electron chi connectivity index (χ2n) is 6.33. The van der Waals surface area contributed by atoms with E-state index in [2.05, 4.69) is 26.8 Å². The number of allylic oxidation sites excluding steroid dienone is 1. The van der Waals surface area contributed by atoms with Crippen molar-refractivity contribution in [2.45, 2.75) is 52.1 Å². The molecular formula is C17H24N6O. The smallest absolute Gasteiger partial charge is 0.241 e. The van der Waals surface area contributed by atoms with Crippen LogP contribution in [0.5, 0.6) is 0 Å². The van der Waals surface area contributed by atoms with Crippen LogP contribution < -0.4 is 5.32 Å². The number of rotatable bonds is 7. The third-order valence-corrected chi connectivity index (χ3v) is 4.13. The molecule has 0 unspecified atom stereocenters. The lowest BCUT2D eigenvalue weighted by atomic mass is 9.97. The van der Waals surface area contributed by atoms with E-state index in [1.165, 1.54) is 31.3 Å². The van der Waals surface area contributed by atoms with Gasteiger partial charge in [0.05, 0.1) is 18.9 Å². The van der Waals surface area contributed by atoms with Gasteiger partial charge in [-0.15, -0.1) is 5.10 Å². The Bertz CT molecular complexity index is 714. The highest BCUT2D eigenvalue weighted by molar-refractivity contribution is 5.75. The molecule has 2 aromatic rings. The van der Waals surface area contributed by atoms with Crippen LogP contribution in [0, 0.1) is 6.92 Å². The van der Waals surface area contributed by atoms with Crippen molar-refractivity contribution in [2.24, 2.45) is 0 Å². The monoisotopic (exact) mass is 328 g/mol. The van der Waals surface area contributed by atoms with Crippen molar-refractivity contribution in [1.82, 2.24) is 30.1 Å². The van der Waals surface area contributed by atoms with Gasteiger partial charge in [0, 0.05) is 12.7 Å². The zero-order valence-electron chi connectivity index (χ0n) is 14.1. The van der Waals surface area contributed by atoms with E-state index in [0.29, 0.717) is 13.1 Å². The molecule has 1 amide bonds. The summed E-state index contributed by atoms with van der Waals surface area (Å²) >= 11 is 0. The number of hydrogen-bond donors (Lipinski definition) is 1. The topological polar surface area (TPSA) is 77.6 Å². The van der Waals surface area contributed by atoms with E-state index in [0.717, 1.165) is 17.7 Å². The van der Waals surface area contributed by atoms with Gasteiger partial charge in [0.2, 0.25) is 5.91 Å². The van der Waals surface area contributed by atoms with E-state index < -0.39 is 0 Å². The maximum atomic E-state index is 12.0.